The Bertz CT molecular complexity index is 652. The number of nitrogens with zero attached hydrogens (tertiary/aromatic N) is 2. The molecule has 0 bridgehead atoms. The number of benzene rings is 1. The van der Waals surface area contributed by atoms with Crippen LogP contribution in [0.15, 0.2) is 42.6 Å². The molecule has 0 fully saturated rings. The molecule has 0 saturated carbocycles. The number of hydrogen-bond donors (Lipinski definition) is 0. The highest BCUT2D eigenvalue weighted by Gasteiger charge is 2.20. The van der Waals surface area contributed by atoms with Crippen molar-refractivity contribution in [1.29, 1.82) is 0 Å². The number of halogens is 2. The smallest absolute Gasteiger partial charge is 0.263 e. The highest BCUT2D eigenvalue weighted by molar-refractivity contribution is 6.32. The van der Waals surface area contributed by atoms with Crippen LogP contribution in [0.5, 0.6) is 5.75 Å². The summed E-state index contributed by atoms with van der Waals surface area (Å²) in [6.45, 7) is 2.00. The van der Waals surface area contributed by atoms with E-state index in [1.165, 1.54) is 17.0 Å². The molecule has 2 aromatic rings. The van der Waals surface area contributed by atoms with Crippen LogP contribution in [-0.2, 0) is 11.3 Å². The molecule has 1 amide bonds. The van der Waals surface area contributed by atoms with Crippen molar-refractivity contribution in [3.63, 3.8) is 0 Å². The van der Waals surface area contributed by atoms with Gasteiger partial charge in [-0.25, -0.2) is 4.39 Å². The lowest BCUT2D eigenvalue weighted by Crippen LogP contribution is -2.37. The second-order valence-corrected chi connectivity index (χ2v) is 5.26. The molecule has 22 heavy (non-hydrogen) atoms. The lowest BCUT2D eigenvalue weighted by Gasteiger charge is -2.22. The standard InChI is InChI=1S/C16H16ClFN2O2/c1-11(22-15-7-6-12(18)9-14(15)17)16(21)20(2)10-13-5-3-4-8-19-13/h3-9,11H,10H2,1-2H3/t11-/m0/s1. The predicted octanol–water partition coefficient (Wildman–Crippen LogP) is 3.30. The van der Waals surface area contributed by atoms with E-state index in [0.29, 0.717) is 6.54 Å². The Labute approximate surface area is 133 Å². The largest absolute Gasteiger partial charge is 0.479 e. The molecule has 0 aliphatic heterocycles. The van der Waals surface area contributed by atoms with Gasteiger partial charge in [0.1, 0.15) is 11.6 Å². The summed E-state index contributed by atoms with van der Waals surface area (Å²) < 4.78 is 18.5. The molecule has 1 atom stereocenters. The van der Waals surface area contributed by atoms with Gasteiger partial charge in [-0.15, -0.1) is 0 Å². The van der Waals surface area contributed by atoms with Crippen LogP contribution in [0.1, 0.15) is 12.6 Å². The summed E-state index contributed by atoms with van der Waals surface area (Å²) in [6.07, 6.45) is 0.933. The Morgan fingerprint density at radius 1 is 1.41 bits per heavy atom. The van der Waals surface area contributed by atoms with Gasteiger partial charge in [0, 0.05) is 13.2 Å². The van der Waals surface area contributed by atoms with Gasteiger partial charge in [-0.2, -0.15) is 0 Å². The van der Waals surface area contributed by atoms with Crippen LogP contribution in [0.4, 0.5) is 4.39 Å². The molecular formula is C16H16ClFN2O2. The highest BCUT2D eigenvalue weighted by Crippen LogP contribution is 2.26. The average Bonchev–Trinajstić information content (AvgIpc) is 2.50. The minimum absolute atomic E-state index is 0.132. The molecule has 1 heterocycles. The van der Waals surface area contributed by atoms with E-state index in [0.717, 1.165) is 11.8 Å². The van der Waals surface area contributed by atoms with Gasteiger partial charge in [0.2, 0.25) is 0 Å². The van der Waals surface area contributed by atoms with Gasteiger partial charge in [-0.3, -0.25) is 9.78 Å². The first-order chi connectivity index (χ1) is 10.5. The van der Waals surface area contributed by atoms with Gasteiger partial charge in [0.15, 0.2) is 6.10 Å². The number of ether oxygens (including phenoxy) is 1. The van der Waals surface area contributed by atoms with E-state index in [-0.39, 0.29) is 16.7 Å². The number of aromatic nitrogens is 1. The molecule has 0 aliphatic rings. The van der Waals surface area contributed by atoms with E-state index in [9.17, 15) is 9.18 Å². The molecular weight excluding hydrogens is 307 g/mol. The van der Waals surface area contributed by atoms with Crippen LogP contribution in [0.25, 0.3) is 0 Å². The monoisotopic (exact) mass is 322 g/mol. The zero-order valence-corrected chi connectivity index (χ0v) is 13.0. The normalized spacial score (nSPS) is 11.8. The molecule has 2 rings (SSSR count). The van der Waals surface area contributed by atoms with Crippen molar-refractivity contribution >= 4 is 17.5 Å². The maximum atomic E-state index is 13.0. The second kappa shape index (κ2) is 7.22. The fourth-order valence-corrected chi connectivity index (χ4v) is 2.15. The SMILES string of the molecule is C[C@H](Oc1ccc(F)cc1Cl)C(=O)N(C)Cc1ccccn1. The molecule has 0 unspecified atom stereocenters. The number of likely N-dealkylation sites (N-methyl/N-ethyl adjacent to an activating group) is 1. The Balaban J connectivity index is 1.99. The van der Waals surface area contributed by atoms with E-state index in [1.807, 2.05) is 18.2 Å². The van der Waals surface area contributed by atoms with Crippen LogP contribution < -0.4 is 4.74 Å². The Morgan fingerprint density at radius 2 is 2.18 bits per heavy atom. The summed E-state index contributed by atoms with van der Waals surface area (Å²) in [7, 11) is 1.67. The number of carbonyl (C=O) groups excluding carboxylic acids is 1. The van der Waals surface area contributed by atoms with Gasteiger partial charge in [-0.1, -0.05) is 17.7 Å². The lowest BCUT2D eigenvalue weighted by atomic mass is 10.3. The molecule has 0 radical (unpaired) electrons. The van der Waals surface area contributed by atoms with Gasteiger partial charge in [0.05, 0.1) is 17.3 Å². The fourth-order valence-electron chi connectivity index (χ4n) is 1.93. The van der Waals surface area contributed by atoms with Crippen LogP contribution in [0.2, 0.25) is 5.02 Å². The van der Waals surface area contributed by atoms with Crippen molar-refractivity contribution in [1.82, 2.24) is 9.88 Å². The Hall–Kier alpha value is -2.14. The number of hydrogen-bond acceptors (Lipinski definition) is 3. The van der Waals surface area contributed by atoms with Crippen LogP contribution in [0.3, 0.4) is 0 Å². The highest BCUT2D eigenvalue weighted by atomic mass is 35.5. The van der Waals surface area contributed by atoms with Gasteiger partial charge < -0.3 is 9.64 Å². The molecule has 116 valence electrons. The molecule has 6 heteroatoms. The third-order valence-electron chi connectivity index (χ3n) is 3.05. The van der Waals surface area contributed by atoms with E-state index >= 15 is 0 Å². The average molecular weight is 323 g/mol. The third-order valence-corrected chi connectivity index (χ3v) is 3.34. The summed E-state index contributed by atoms with van der Waals surface area (Å²) in [6, 6.07) is 9.29. The zero-order valence-electron chi connectivity index (χ0n) is 12.3. The van der Waals surface area contributed by atoms with E-state index in [2.05, 4.69) is 4.98 Å². The Morgan fingerprint density at radius 3 is 2.82 bits per heavy atom. The lowest BCUT2D eigenvalue weighted by molar-refractivity contribution is -0.137. The number of rotatable bonds is 5. The number of amides is 1. The van der Waals surface area contributed by atoms with Crippen LogP contribution >= 0.6 is 11.6 Å². The molecule has 0 saturated heterocycles. The first kappa shape index (κ1) is 16.2. The van der Waals surface area contributed by atoms with Crippen molar-refractivity contribution in [3.8, 4) is 5.75 Å². The Kier molecular flexibility index (Phi) is 5.33. The summed E-state index contributed by atoms with van der Waals surface area (Å²) >= 11 is 5.89. The third kappa shape index (κ3) is 4.18. The van der Waals surface area contributed by atoms with Gasteiger partial charge in [0.25, 0.3) is 5.91 Å². The van der Waals surface area contributed by atoms with E-state index < -0.39 is 11.9 Å². The summed E-state index contributed by atoms with van der Waals surface area (Å²) in [5.41, 5.74) is 0.783. The summed E-state index contributed by atoms with van der Waals surface area (Å²) in [4.78, 5) is 18.0. The first-order valence-corrected chi connectivity index (χ1v) is 7.12. The minimum Gasteiger partial charge on any atom is -0.479 e. The summed E-state index contributed by atoms with van der Waals surface area (Å²) in [5, 5.41) is 0.132. The molecule has 0 aliphatic carbocycles. The fraction of sp³-hybridized carbons (Fsp3) is 0.250. The van der Waals surface area contributed by atoms with E-state index in [1.54, 1.807) is 20.2 Å². The molecule has 1 aromatic carbocycles. The maximum absolute atomic E-state index is 13.0. The number of pyridine rings is 1. The molecule has 0 N–H and O–H groups in total. The van der Waals surface area contributed by atoms with E-state index in [4.69, 9.17) is 16.3 Å². The molecule has 0 spiro atoms. The topological polar surface area (TPSA) is 42.4 Å². The van der Waals surface area contributed by atoms with Crippen LogP contribution in [-0.4, -0.2) is 28.9 Å². The van der Waals surface area contributed by atoms with Crippen molar-refractivity contribution in [2.75, 3.05) is 7.05 Å². The zero-order chi connectivity index (χ0) is 16.1. The van der Waals surface area contributed by atoms with Crippen molar-refractivity contribution in [2.24, 2.45) is 0 Å². The number of carbonyl (C=O) groups is 1. The summed E-state index contributed by atoms with van der Waals surface area (Å²) in [5.74, 6) is -0.398. The molecule has 1 aromatic heterocycles. The van der Waals surface area contributed by atoms with Crippen molar-refractivity contribution < 1.29 is 13.9 Å². The first-order valence-electron chi connectivity index (χ1n) is 6.74. The van der Waals surface area contributed by atoms with Gasteiger partial charge >= 0.3 is 0 Å². The molecule has 4 nitrogen and oxygen atoms in total. The maximum Gasteiger partial charge on any atom is 0.263 e. The quantitative estimate of drug-likeness (QED) is 0.848. The van der Waals surface area contributed by atoms with Crippen LogP contribution in [0, 0.1) is 5.82 Å². The minimum atomic E-state index is -0.739. The van der Waals surface area contributed by atoms with Crippen molar-refractivity contribution in [3.05, 3.63) is 59.1 Å². The van der Waals surface area contributed by atoms with Crippen molar-refractivity contribution in [2.45, 2.75) is 19.6 Å². The second-order valence-electron chi connectivity index (χ2n) is 4.85. The van der Waals surface area contributed by atoms with Gasteiger partial charge in [-0.05, 0) is 37.3 Å². The predicted molar refractivity (Wildman–Crippen MR) is 82.2 cm³/mol.